The number of halogens is 2. The van der Waals surface area contributed by atoms with E-state index in [-0.39, 0.29) is 22.9 Å². The third kappa shape index (κ3) is 3.71. The highest BCUT2D eigenvalue weighted by Gasteiger charge is 2.19. The minimum atomic E-state index is -1.33. The lowest BCUT2D eigenvalue weighted by molar-refractivity contribution is -0.138. The highest BCUT2D eigenvalue weighted by atomic mass is 35.5. The zero-order chi connectivity index (χ0) is 15.4. The lowest BCUT2D eigenvalue weighted by Gasteiger charge is -2.13. The molecule has 0 bridgehead atoms. The van der Waals surface area contributed by atoms with Crippen LogP contribution < -0.4 is 10.5 Å². The van der Waals surface area contributed by atoms with Gasteiger partial charge < -0.3 is 15.6 Å². The summed E-state index contributed by atoms with van der Waals surface area (Å²) in [6, 6.07) is 10.2. The fourth-order valence-corrected chi connectivity index (χ4v) is 2.04. The van der Waals surface area contributed by atoms with Crippen molar-refractivity contribution in [2.24, 2.45) is 5.73 Å². The molecule has 0 fully saturated rings. The highest BCUT2D eigenvalue weighted by molar-refractivity contribution is 6.32. The van der Waals surface area contributed by atoms with E-state index in [1.54, 1.807) is 0 Å². The van der Waals surface area contributed by atoms with Crippen molar-refractivity contribution in [3.05, 3.63) is 64.4 Å². The molecule has 0 amide bonds. The molecule has 0 aliphatic carbocycles. The Hall–Kier alpha value is -2.11. The molecule has 0 radical (unpaired) electrons. The number of nitrogens with two attached hydrogens (primary N) is 1. The summed E-state index contributed by atoms with van der Waals surface area (Å²) < 4.78 is 19.3. The Morgan fingerprint density at radius 2 is 2.00 bits per heavy atom. The molecule has 0 spiro atoms. The van der Waals surface area contributed by atoms with Gasteiger partial charge in [0.1, 0.15) is 12.6 Å². The number of benzene rings is 2. The van der Waals surface area contributed by atoms with Gasteiger partial charge in [-0.15, -0.1) is 0 Å². The van der Waals surface area contributed by atoms with E-state index in [1.165, 1.54) is 6.07 Å². The van der Waals surface area contributed by atoms with E-state index >= 15 is 0 Å². The van der Waals surface area contributed by atoms with Gasteiger partial charge in [-0.05, 0) is 23.3 Å². The lowest BCUT2D eigenvalue weighted by atomic mass is 10.1. The number of rotatable bonds is 5. The third-order valence-corrected chi connectivity index (χ3v) is 3.15. The summed E-state index contributed by atoms with van der Waals surface area (Å²) in [7, 11) is 0. The molecule has 0 aromatic heterocycles. The van der Waals surface area contributed by atoms with E-state index in [0.29, 0.717) is 0 Å². The third-order valence-electron chi connectivity index (χ3n) is 2.87. The van der Waals surface area contributed by atoms with Crippen molar-refractivity contribution in [1.29, 1.82) is 0 Å². The monoisotopic (exact) mass is 309 g/mol. The Kier molecular flexibility index (Phi) is 4.77. The molecule has 4 nitrogen and oxygen atoms in total. The first-order valence-corrected chi connectivity index (χ1v) is 6.51. The van der Waals surface area contributed by atoms with E-state index in [4.69, 9.17) is 27.2 Å². The maximum Gasteiger partial charge on any atom is 0.325 e. The molecule has 21 heavy (non-hydrogen) atoms. The highest BCUT2D eigenvalue weighted by Crippen LogP contribution is 2.31. The SMILES string of the molecule is NC(C(=O)O)c1cc(F)c(OCc2ccccc2)c(Cl)c1. The topological polar surface area (TPSA) is 72.6 Å². The molecule has 0 heterocycles. The summed E-state index contributed by atoms with van der Waals surface area (Å²) in [5, 5.41) is 8.80. The summed E-state index contributed by atoms with van der Waals surface area (Å²) in [5.41, 5.74) is 6.37. The van der Waals surface area contributed by atoms with Gasteiger partial charge in [-0.25, -0.2) is 4.39 Å². The number of aliphatic carboxylic acids is 1. The van der Waals surface area contributed by atoms with Gasteiger partial charge in [0.05, 0.1) is 5.02 Å². The number of carbonyl (C=O) groups is 1. The van der Waals surface area contributed by atoms with Crippen molar-refractivity contribution in [3.8, 4) is 5.75 Å². The van der Waals surface area contributed by atoms with Crippen LogP contribution >= 0.6 is 11.6 Å². The van der Waals surface area contributed by atoms with Crippen molar-refractivity contribution < 1.29 is 19.0 Å². The van der Waals surface area contributed by atoms with Gasteiger partial charge in [-0.1, -0.05) is 41.9 Å². The second kappa shape index (κ2) is 6.56. The first-order valence-electron chi connectivity index (χ1n) is 6.13. The zero-order valence-electron chi connectivity index (χ0n) is 10.9. The average molecular weight is 310 g/mol. The van der Waals surface area contributed by atoms with E-state index < -0.39 is 17.8 Å². The Morgan fingerprint density at radius 3 is 2.57 bits per heavy atom. The van der Waals surface area contributed by atoms with Gasteiger partial charge in [0, 0.05) is 0 Å². The van der Waals surface area contributed by atoms with Crippen LogP contribution in [0.25, 0.3) is 0 Å². The molecule has 1 atom stereocenters. The molecule has 0 aliphatic rings. The molecule has 2 aromatic carbocycles. The first-order chi connectivity index (χ1) is 9.99. The molecule has 6 heteroatoms. The molecule has 1 unspecified atom stereocenters. The molecule has 2 aromatic rings. The second-order valence-electron chi connectivity index (χ2n) is 4.40. The van der Waals surface area contributed by atoms with Crippen molar-refractivity contribution in [1.82, 2.24) is 0 Å². The van der Waals surface area contributed by atoms with Gasteiger partial charge >= 0.3 is 5.97 Å². The Bertz CT molecular complexity index is 626. The Labute approximate surface area is 125 Å². The smallest absolute Gasteiger partial charge is 0.325 e. The van der Waals surface area contributed by atoms with E-state index in [1.807, 2.05) is 30.3 Å². The second-order valence-corrected chi connectivity index (χ2v) is 4.81. The summed E-state index contributed by atoms with van der Waals surface area (Å²) in [5.74, 6) is -2.13. The normalized spacial score (nSPS) is 12.0. The molecule has 110 valence electrons. The van der Waals surface area contributed by atoms with Crippen LogP contribution in [-0.4, -0.2) is 11.1 Å². The maximum atomic E-state index is 14.0. The van der Waals surface area contributed by atoms with E-state index in [0.717, 1.165) is 11.6 Å². The van der Waals surface area contributed by atoms with Crippen LogP contribution in [0.15, 0.2) is 42.5 Å². The van der Waals surface area contributed by atoms with E-state index in [2.05, 4.69) is 0 Å². The molecule has 3 N–H and O–H groups in total. The fraction of sp³-hybridized carbons (Fsp3) is 0.133. The predicted molar refractivity (Wildman–Crippen MR) is 76.7 cm³/mol. The molecular weight excluding hydrogens is 297 g/mol. The predicted octanol–water partition coefficient (Wildman–Crippen LogP) is 3.14. The van der Waals surface area contributed by atoms with Crippen LogP contribution in [0.2, 0.25) is 5.02 Å². The standard InChI is InChI=1S/C15H13ClFNO3/c16-11-6-10(13(18)15(19)20)7-12(17)14(11)21-8-9-4-2-1-3-5-9/h1-7,13H,8,18H2,(H,19,20). The molecule has 0 aliphatic heterocycles. The number of hydrogen-bond donors (Lipinski definition) is 2. The quantitative estimate of drug-likeness (QED) is 0.890. The van der Waals surface area contributed by atoms with Crippen LogP contribution in [0.3, 0.4) is 0 Å². The van der Waals surface area contributed by atoms with Crippen LogP contribution in [0.5, 0.6) is 5.75 Å². The largest absolute Gasteiger partial charge is 0.484 e. The fourth-order valence-electron chi connectivity index (χ4n) is 1.77. The number of ether oxygens (including phenoxy) is 1. The van der Waals surface area contributed by atoms with Crippen molar-refractivity contribution in [3.63, 3.8) is 0 Å². The Balaban J connectivity index is 2.19. The van der Waals surface area contributed by atoms with Gasteiger partial charge in [0.15, 0.2) is 11.6 Å². The summed E-state index contributed by atoms with van der Waals surface area (Å²) in [6.07, 6.45) is 0. The number of carboxylic acids is 1. The molecule has 0 saturated heterocycles. The minimum Gasteiger partial charge on any atom is -0.484 e. The summed E-state index contributed by atoms with van der Waals surface area (Å²) in [4.78, 5) is 10.8. The molecule has 0 saturated carbocycles. The Morgan fingerprint density at radius 1 is 1.33 bits per heavy atom. The first kappa shape index (κ1) is 15.3. The average Bonchev–Trinajstić information content (AvgIpc) is 2.46. The van der Waals surface area contributed by atoms with Crippen molar-refractivity contribution >= 4 is 17.6 Å². The van der Waals surface area contributed by atoms with Crippen LogP contribution in [0, 0.1) is 5.82 Å². The molecule has 2 rings (SSSR count). The van der Waals surface area contributed by atoms with Gasteiger partial charge in [0.2, 0.25) is 0 Å². The number of hydrogen-bond acceptors (Lipinski definition) is 3. The number of carboxylic acid groups (broad SMARTS) is 1. The van der Waals surface area contributed by atoms with Gasteiger partial charge in [-0.3, -0.25) is 4.79 Å². The summed E-state index contributed by atoms with van der Waals surface area (Å²) >= 11 is 5.94. The summed E-state index contributed by atoms with van der Waals surface area (Å²) in [6.45, 7) is 0.155. The zero-order valence-corrected chi connectivity index (χ0v) is 11.7. The van der Waals surface area contributed by atoms with Gasteiger partial charge in [-0.2, -0.15) is 0 Å². The minimum absolute atomic E-state index is 0.0161. The van der Waals surface area contributed by atoms with Crippen LogP contribution in [0.1, 0.15) is 17.2 Å². The van der Waals surface area contributed by atoms with Crippen molar-refractivity contribution in [2.75, 3.05) is 0 Å². The van der Waals surface area contributed by atoms with Crippen molar-refractivity contribution in [2.45, 2.75) is 12.6 Å². The van der Waals surface area contributed by atoms with Crippen LogP contribution in [0.4, 0.5) is 4.39 Å². The van der Waals surface area contributed by atoms with E-state index in [9.17, 15) is 9.18 Å². The van der Waals surface area contributed by atoms with Gasteiger partial charge in [0.25, 0.3) is 0 Å². The van der Waals surface area contributed by atoms with Crippen LogP contribution in [-0.2, 0) is 11.4 Å². The molecular formula is C15H13ClFNO3. The maximum absolute atomic E-state index is 14.0. The lowest BCUT2D eigenvalue weighted by Crippen LogP contribution is -2.20.